The number of carboxylic acids is 1. The lowest BCUT2D eigenvalue weighted by atomic mass is 10.2. The maximum absolute atomic E-state index is 10.9. The maximum atomic E-state index is 10.9. The summed E-state index contributed by atoms with van der Waals surface area (Å²) in [4.78, 5) is 13.2. The molecule has 1 fully saturated rings. The largest absolute Gasteiger partial charge is 0.481 e. The minimum absolute atomic E-state index is 0.0967. The molecule has 0 aliphatic carbocycles. The van der Waals surface area contributed by atoms with E-state index < -0.39 is 5.97 Å². The molecule has 106 valence electrons. The molecule has 0 spiro atoms. The molecule has 1 aromatic carbocycles. The molecule has 20 heavy (non-hydrogen) atoms. The molecular weight excluding hydrogens is 274 g/mol. The van der Waals surface area contributed by atoms with Crippen LogP contribution in [-0.2, 0) is 11.3 Å². The van der Waals surface area contributed by atoms with E-state index in [1.807, 2.05) is 36.0 Å². The van der Waals surface area contributed by atoms with Crippen LogP contribution < -0.4 is 0 Å². The number of hydrogen-bond acceptors (Lipinski definition) is 4. The lowest BCUT2D eigenvalue weighted by Gasteiger charge is -2.33. The number of thioether (sulfide) groups is 1. The molecule has 1 aliphatic rings. The number of benzene rings is 1. The summed E-state index contributed by atoms with van der Waals surface area (Å²) >= 11 is 1.83. The third-order valence-corrected chi connectivity index (χ3v) is 4.69. The minimum atomic E-state index is -0.730. The molecule has 0 radical (unpaired) electrons. The maximum Gasteiger partial charge on any atom is 0.304 e. The van der Waals surface area contributed by atoms with Gasteiger partial charge in [-0.15, -0.1) is 0 Å². The lowest BCUT2D eigenvalue weighted by Crippen LogP contribution is -2.42. The molecule has 2 heterocycles. The highest BCUT2D eigenvalue weighted by molar-refractivity contribution is 7.99. The number of para-hydroxylation sites is 1. The van der Waals surface area contributed by atoms with E-state index in [1.165, 1.54) is 0 Å². The Labute approximate surface area is 121 Å². The summed E-state index contributed by atoms with van der Waals surface area (Å²) in [5, 5.41) is 10.1. The summed E-state index contributed by atoms with van der Waals surface area (Å²) in [6, 6.07) is 10.1. The van der Waals surface area contributed by atoms with E-state index in [1.54, 1.807) is 0 Å². The monoisotopic (exact) mass is 291 g/mol. The van der Waals surface area contributed by atoms with Crippen LogP contribution in [0.15, 0.2) is 34.7 Å². The quantitative estimate of drug-likeness (QED) is 0.938. The van der Waals surface area contributed by atoms with Crippen LogP contribution in [0, 0.1) is 0 Å². The van der Waals surface area contributed by atoms with Crippen molar-refractivity contribution in [2.75, 3.05) is 18.1 Å². The second kappa shape index (κ2) is 5.89. The van der Waals surface area contributed by atoms with Gasteiger partial charge >= 0.3 is 5.97 Å². The number of carboxylic acid groups (broad SMARTS) is 1. The van der Waals surface area contributed by atoms with Gasteiger partial charge in [-0.3, -0.25) is 9.69 Å². The Morgan fingerprint density at radius 3 is 3.10 bits per heavy atom. The van der Waals surface area contributed by atoms with Crippen LogP contribution >= 0.6 is 11.8 Å². The van der Waals surface area contributed by atoms with Crippen molar-refractivity contribution in [3.8, 4) is 0 Å². The summed E-state index contributed by atoms with van der Waals surface area (Å²) < 4.78 is 5.83. The van der Waals surface area contributed by atoms with Gasteiger partial charge in [-0.05, 0) is 12.1 Å². The zero-order valence-corrected chi connectivity index (χ0v) is 11.9. The average molecular weight is 291 g/mol. The van der Waals surface area contributed by atoms with Crippen LogP contribution in [0.1, 0.15) is 12.2 Å². The lowest BCUT2D eigenvalue weighted by molar-refractivity contribution is -0.138. The highest BCUT2D eigenvalue weighted by Gasteiger charge is 2.25. The second-order valence-corrected chi connectivity index (χ2v) is 6.20. The number of aliphatic carboxylic acids is 1. The van der Waals surface area contributed by atoms with Gasteiger partial charge in [-0.1, -0.05) is 18.2 Å². The summed E-state index contributed by atoms with van der Waals surface area (Å²) in [5.41, 5.74) is 0.892. The van der Waals surface area contributed by atoms with Crippen molar-refractivity contribution in [3.63, 3.8) is 0 Å². The van der Waals surface area contributed by atoms with E-state index in [0.29, 0.717) is 6.54 Å². The van der Waals surface area contributed by atoms with Gasteiger partial charge in [0.05, 0.1) is 13.0 Å². The Bertz CT molecular complexity index is 577. The van der Waals surface area contributed by atoms with Gasteiger partial charge in [-0.2, -0.15) is 11.8 Å². The first-order valence-corrected chi connectivity index (χ1v) is 7.89. The van der Waals surface area contributed by atoms with E-state index in [4.69, 9.17) is 9.52 Å². The van der Waals surface area contributed by atoms with Crippen molar-refractivity contribution in [2.45, 2.75) is 19.0 Å². The molecule has 5 heteroatoms. The zero-order valence-electron chi connectivity index (χ0n) is 11.1. The van der Waals surface area contributed by atoms with E-state index in [9.17, 15) is 4.79 Å². The fraction of sp³-hybridized carbons (Fsp3) is 0.400. The fourth-order valence-corrected chi connectivity index (χ4v) is 3.73. The summed E-state index contributed by atoms with van der Waals surface area (Å²) in [5.74, 6) is 2.11. The van der Waals surface area contributed by atoms with Gasteiger partial charge in [0, 0.05) is 29.5 Å². The Balaban J connectivity index is 1.75. The highest BCUT2D eigenvalue weighted by Crippen LogP contribution is 2.24. The molecule has 1 aliphatic heterocycles. The normalized spacial score (nSPS) is 20.3. The fourth-order valence-electron chi connectivity index (χ4n) is 2.60. The SMILES string of the molecule is O=C(O)CC1CSCCN1Cc1cc2ccccc2o1. The molecule has 1 unspecified atom stereocenters. The molecule has 0 saturated carbocycles. The van der Waals surface area contributed by atoms with E-state index in [0.717, 1.165) is 34.8 Å². The summed E-state index contributed by atoms with van der Waals surface area (Å²) in [6.07, 6.45) is 0.202. The van der Waals surface area contributed by atoms with Crippen LogP contribution in [0.4, 0.5) is 0 Å². The Hall–Kier alpha value is -1.46. The van der Waals surface area contributed by atoms with Crippen molar-refractivity contribution in [1.82, 2.24) is 4.90 Å². The molecule has 2 aromatic rings. The van der Waals surface area contributed by atoms with E-state index >= 15 is 0 Å². The first-order chi connectivity index (χ1) is 9.72. The number of nitrogens with zero attached hydrogens (tertiary/aromatic N) is 1. The first-order valence-electron chi connectivity index (χ1n) is 6.73. The van der Waals surface area contributed by atoms with Gasteiger partial charge in [0.2, 0.25) is 0 Å². The Morgan fingerprint density at radius 1 is 1.45 bits per heavy atom. The van der Waals surface area contributed by atoms with Crippen LogP contribution in [0.2, 0.25) is 0 Å². The van der Waals surface area contributed by atoms with Crippen molar-refractivity contribution >= 4 is 28.7 Å². The van der Waals surface area contributed by atoms with Crippen molar-refractivity contribution in [2.24, 2.45) is 0 Å². The molecule has 0 bridgehead atoms. The second-order valence-electron chi connectivity index (χ2n) is 5.05. The number of furan rings is 1. The number of carbonyl (C=O) groups is 1. The van der Waals surface area contributed by atoms with Crippen LogP contribution in [0.25, 0.3) is 11.0 Å². The van der Waals surface area contributed by atoms with E-state index in [-0.39, 0.29) is 12.5 Å². The standard InChI is InChI=1S/C15H17NO3S/c17-15(18)8-12-10-20-6-5-16(12)9-13-7-11-3-1-2-4-14(11)19-13/h1-4,7,12H,5-6,8-10H2,(H,17,18). The Morgan fingerprint density at radius 2 is 2.30 bits per heavy atom. The summed E-state index contributed by atoms with van der Waals surface area (Å²) in [7, 11) is 0. The van der Waals surface area contributed by atoms with Gasteiger partial charge in [0.25, 0.3) is 0 Å². The van der Waals surface area contributed by atoms with Gasteiger partial charge in [0.1, 0.15) is 11.3 Å². The highest BCUT2D eigenvalue weighted by atomic mass is 32.2. The average Bonchev–Trinajstić information content (AvgIpc) is 2.82. The molecule has 0 amide bonds. The van der Waals surface area contributed by atoms with Crippen molar-refractivity contribution in [1.29, 1.82) is 0 Å². The molecule has 1 N–H and O–H groups in total. The van der Waals surface area contributed by atoms with Crippen LogP contribution in [0.5, 0.6) is 0 Å². The Kier molecular flexibility index (Phi) is 3.98. The zero-order chi connectivity index (χ0) is 13.9. The molecule has 1 aromatic heterocycles. The number of fused-ring (bicyclic) bond motifs is 1. The van der Waals surface area contributed by atoms with Crippen LogP contribution in [-0.4, -0.2) is 40.1 Å². The van der Waals surface area contributed by atoms with Crippen molar-refractivity contribution in [3.05, 3.63) is 36.1 Å². The molecule has 1 atom stereocenters. The van der Waals surface area contributed by atoms with Crippen molar-refractivity contribution < 1.29 is 14.3 Å². The molecule has 1 saturated heterocycles. The molecular formula is C15H17NO3S. The van der Waals surface area contributed by atoms with Gasteiger partial charge < -0.3 is 9.52 Å². The third kappa shape index (κ3) is 2.99. The van der Waals surface area contributed by atoms with Crippen LogP contribution in [0.3, 0.4) is 0 Å². The molecule has 3 rings (SSSR count). The predicted molar refractivity (Wildman–Crippen MR) is 80.0 cm³/mol. The summed E-state index contributed by atoms with van der Waals surface area (Å²) in [6.45, 7) is 1.60. The third-order valence-electron chi connectivity index (χ3n) is 3.60. The smallest absolute Gasteiger partial charge is 0.304 e. The van der Waals surface area contributed by atoms with E-state index in [2.05, 4.69) is 11.0 Å². The number of hydrogen-bond donors (Lipinski definition) is 1. The van der Waals surface area contributed by atoms with Gasteiger partial charge in [-0.25, -0.2) is 0 Å². The minimum Gasteiger partial charge on any atom is -0.481 e. The topological polar surface area (TPSA) is 53.7 Å². The number of rotatable bonds is 4. The predicted octanol–water partition coefficient (Wildman–Crippen LogP) is 2.82. The van der Waals surface area contributed by atoms with Gasteiger partial charge in [0.15, 0.2) is 0 Å². The first kappa shape index (κ1) is 13.5. The molecule has 4 nitrogen and oxygen atoms in total.